The van der Waals surface area contributed by atoms with Crippen molar-refractivity contribution in [1.82, 2.24) is 8.75 Å². The average molecular weight is 489 g/mol. The van der Waals surface area contributed by atoms with Crippen LogP contribution in [0, 0.1) is 0 Å². The Kier molecular flexibility index (Phi) is 6.15. The minimum atomic E-state index is -1.22. The van der Waals surface area contributed by atoms with E-state index in [1.54, 1.807) is 42.5 Å². The van der Waals surface area contributed by atoms with Crippen LogP contribution in [0.5, 0.6) is 17.2 Å². The summed E-state index contributed by atoms with van der Waals surface area (Å²) in [4.78, 5) is 26.5. The highest BCUT2D eigenvalue weighted by atomic mass is 32.1. The molecule has 0 unspecified atom stereocenters. The Bertz CT molecular complexity index is 1480. The number of para-hydroxylation sites is 1. The van der Waals surface area contributed by atoms with E-state index in [0.717, 1.165) is 11.7 Å². The highest BCUT2D eigenvalue weighted by molar-refractivity contribution is 7.00. The number of methoxy groups -OCH3 is 1. The first kappa shape index (κ1) is 22.5. The SMILES string of the molecule is COc1ccccc1CC(C(=O)c1ccc2c(c1)OCCO2)=C(C(=O)O)c1ccc2nsnc2c1. The van der Waals surface area contributed by atoms with Crippen LogP contribution in [0.2, 0.25) is 0 Å². The Hall–Kier alpha value is -4.24. The molecule has 0 fully saturated rings. The van der Waals surface area contributed by atoms with E-state index in [2.05, 4.69) is 8.75 Å². The molecule has 1 aliphatic heterocycles. The monoisotopic (exact) mass is 488 g/mol. The van der Waals surface area contributed by atoms with Crippen molar-refractivity contribution >= 4 is 40.1 Å². The predicted octanol–water partition coefficient (Wildman–Crippen LogP) is 4.43. The number of allylic oxidation sites excluding steroid dienone is 1. The standard InChI is InChI=1S/C26H20N2O6S/c1-32-21-5-3-2-4-15(21)12-18(25(29)17-7-9-22-23(14-17)34-11-10-33-22)24(26(30)31)16-6-8-19-20(13-16)28-35-27-19/h2-9,13-14H,10-12H2,1H3,(H,30,31). The molecule has 8 nitrogen and oxygen atoms in total. The smallest absolute Gasteiger partial charge is 0.336 e. The quantitative estimate of drug-likeness (QED) is 0.301. The molecule has 0 bridgehead atoms. The number of aromatic nitrogens is 2. The van der Waals surface area contributed by atoms with E-state index in [1.165, 1.54) is 7.11 Å². The largest absolute Gasteiger partial charge is 0.496 e. The molecule has 0 saturated heterocycles. The predicted molar refractivity (Wildman–Crippen MR) is 130 cm³/mol. The zero-order valence-electron chi connectivity index (χ0n) is 18.7. The highest BCUT2D eigenvalue weighted by Crippen LogP contribution is 2.34. The number of benzene rings is 3. The zero-order chi connectivity index (χ0) is 24.4. The first-order chi connectivity index (χ1) is 17.0. The average Bonchev–Trinajstić information content (AvgIpc) is 3.36. The summed E-state index contributed by atoms with van der Waals surface area (Å²) in [6.07, 6.45) is 0.0479. The molecule has 0 radical (unpaired) electrons. The third kappa shape index (κ3) is 4.45. The molecule has 5 rings (SSSR count). The van der Waals surface area contributed by atoms with Crippen LogP contribution in [0.1, 0.15) is 21.5 Å². The molecule has 0 amide bonds. The third-order valence-electron chi connectivity index (χ3n) is 5.70. The van der Waals surface area contributed by atoms with Gasteiger partial charge in [-0.2, -0.15) is 8.75 Å². The van der Waals surface area contributed by atoms with Crippen molar-refractivity contribution in [3.63, 3.8) is 0 Å². The van der Waals surface area contributed by atoms with Gasteiger partial charge in [-0.25, -0.2) is 4.79 Å². The van der Waals surface area contributed by atoms with Crippen LogP contribution in [-0.2, 0) is 11.2 Å². The number of hydrogen-bond donors (Lipinski definition) is 1. The Labute approximate surface area is 204 Å². The van der Waals surface area contributed by atoms with Crippen LogP contribution < -0.4 is 14.2 Å². The van der Waals surface area contributed by atoms with Crippen molar-refractivity contribution in [1.29, 1.82) is 0 Å². The van der Waals surface area contributed by atoms with Crippen molar-refractivity contribution < 1.29 is 28.9 Å². The van der Waals surface area contributed by atoms with Crippen molar-refractivity contribution in [2.45, 2.75) is 6.42 Å². The number of ether oxygens (including phenoxy) is 3. The number of carbonyl (C=O) groups excluding carboxylic acids is 1. The van der Waals surface area contributed by atoms with Gasteiger partial charge in [0, 0.05) is 17.6 Å². The number of aliphatic carboxylic acids is 1. The van der Waals surface area contributed by atoms with E-state index in [4.69, 9.17) is 14.2 Å². The first-order valence-electron chi connectivity index (χ1n) is 10.8. The molecule has 4 aromatic rings. The molecule has 35 heavy (non-hydrogen) atoms. The molecule has 1 aromatic heterocycles. The van der Waals surface area contributed by atoms with Crippen LogP contribution >= 0.6 is 11.7 Å². The molecular formula is C26H20N2O6S. The summed E-state index contributed by atoms with van der Waals surface area (Å²) < 4.78 is 25.1. The van der Waals surface area contributed by atoms with E-state index in [1.807, 2.05) is 18.2 Å². The fraction of sp³-hybridized carbons (Fsp3) is 0.154. The van der Waals surface area contributed by atoms with Crippen LogP contribution in [0.25, 0.3) is 16.6 Å². The maximum Gasteiger partial charge on any atom is 0.336 e. The van der Waals surface area contributed by atoms with Crippen molar-refractivity contribution in [3.05, 3.63) is 82.9 Å². The van der Waals surface area contributed by atoms with Crippen LogP contribution in [0.4, 0.5) is 0 Å². The fourth-order valence-electron chi connectivity index (χ4n) is 4.04. The van der Waals surface area contributed by atoms with Gasteiger partial charge in [0.05, 0.1) is 24.4 Å². The molecule has 176 valence electrons. The lowest BCUT2D eigenvalue weighted by Gasteiger charge is -2.19. The van der Waals surface area contributed by atoms with Gasteiger partial charge in [0.2, 0.25) is 0 Å². The summed E-state index contributed by atoms with van der Waals surface area (Å²) in [7, 11) is 1.53. The Morgan fingerprint density at radius 2 is 1.69 bits per heavy atom. The van der Waals surface area contributed by atoms with E-state index >= 15 is 0 Å². The van der Waals surface area contributed by atoms with Gasteiger partial charge in [0.1, 0.15) is 30.0 Å². The number of carbonyl (C=O) groups is 2. The minimum Gasteiger partial charge on any atom is -0.496 e. The Balaban J connectivity index is 1.69. The Morgan fingerprint density at radius 1 is 0.943 bits per heavy atom. The van der Waals surface area contributed by atoms with E-state index < -0.39 is 11.8 Å². The normalized spacial score (nSPS) is 13.3. The van der Waals surface area contributed by atoms with Gasteiger partial charge >= 0.3 is 5.97 Å². The van der Waals surface area contributed by atoms with Gasteiger partial charge in [-0.05, 0) is 47.5 Å². The second-order valence-electron chi connectivity index (χ2n) is 7.80. The van der Waals surface area contributed by atoms with Crippen LogP contribution in [0.3, 0.4) is 0 Å². The highest BCUT2D eigenvalue weighted by Gasteiger charge is 2.26. The van der Waals surface area contributed by atoms with Crippen molar-refractivity contribution in [2.75, 3.05) is 20.3 Å². The number of fused-ring (bicyclic) bond motifs is 2. The summed E-state index contributed by atoms with van der Waals surface area (Å²) in [5.41, 5.74) is 2.59. The number of carboxylic acids is 1. The maximum atomic E-state index is 13.9. The molecule has 0 atom stereocenters. The second kappa shape index (κ2) is 9.55. The van der Waals surface area contributed by atoms with E-state index in [-0.39, 0.29) is 17.6 Å². The van der Waals surface area contributed by atoms with Crippen LogP contribution in [0.15, 0.2) is 66.2 Å². The molecule has 1 aliphatic rings. The molecule has 0 saturated carbocycles. The lowest BCUT2D eigenvalue weighted by Crippen LogP contribution is -2.17. The van der Waals surface area contributed by atoms with Crippen molar-refractivity contribution in [2.24, 2.45) is 0 Å². The summed E-state index contributed by atoms with van der Waals surface area (Å²) in [5.74, 6) is -0.0949. The number of Topliss-reactive ketones (excluding diaryl/α,β-unsaturated/α-hetero) is 1. The maximum absolute atomic E-state index is 13.9. The number of carboxylic acid groups (broad SMARTS) is 1. The summed E-state index contributed by atoms with van der Waals surface area (Å²) >= 11 is 1.04. The number of ketones is 1. The summed E-state index contributed by atoms with van der Waals surface area (Å²) in [6.45, 7) is 0.799. The lowest BCUT2D eigenvalue weighted by molar-refractivity contribution is -0.130. The first-order valence-corrected chi connectivity index (χ1v) is 11.5. The summed E-state index contributed by atoms with van der Waals surface area (Å²) in [6, 6.07) is 17.1. The molecule has 1 N–H and O–H groups in total. The molecule has 0 spiro atoms. The molecule has 0 aliphatic carbocycles. The third-order valence-corrected chi connectivity index (χ3v) is 6.25. The number of nitrogens with zero attached hydrogens (tertiary/aromatic N) is 2. The molecule has 2 heterocycles. The fourth-order valence-corrected chi connectivity index (χ4v) is 4.56. The van der Waals surface area contributed by atoms with Gasteiger partial charge in [0.15, 0.2) is 17.3 Å². The molecule has 9 heteroatoms. The number of hydrogen-bond acceptors (Lipinski definition) is 8. The summed E-state index contributed by atoms with van der Waals surface area (Å²) in [5, 5.41) is 10.3. The number of rotatable bonds is 7. The molecule has 3 aromatic carbocycles. The van der Waals surface area contributed by atoms with Gasteiger partial charge < -0.3 is 19.3 Å². The van der Waals surface area contributed by atoms with Gasteiger partial charge in [0.25, 0.3) is 0 Å². The topological polar surface area (TPSA) is 108 Å². The van der Waals surface area contributed by atoms with E-state index in [9.17, 15) is 14.7 Å². The van der Waals surface area contributed by atoms with Gasteiger partial charge in [-0.3, -0.25) is 4.79 Å². The zero-order valence-corrected chi connectivity index (χ0v) is 19.5. The minimum absolute atomic E-state index is 0.0479. The van der Waals surface area contributed by atoms with Gasteiger partial charge in [-0.15, -0.1) is 0 Å². The van der Waals surface area contributed by atoms with Crippen LogP contribution in [-0.4, -0.2) is 45.9 Å². The second-order valence-corrected chi connectivity index (χ2v) is 8.33. The van der Waals surface area contributed by atoms with Crippen molar-refractivity contribution in [3.8, 4) is 17.2 Å². The lowest BCUT2D eigenvalue weighted by atomic mass is 9.89. The molecular weight excluding hydrogens is 468 g/mol. The van der Waals surface area contributed by atoms with Gasteiger partial charge in [-0.1, -0.05) is 24.3 Å². The van der Waals surface area contributed by atoms with E-state index in [0.29, 0.717) is 58.2 Å². The Morgan fingerprint density at radius 3 is 2.49 bits per heavy atom.